The molecule has 0 aromatic rings. The molecule has 1 aliphatic heterocycles. The average molecular weight is 456 g/mol. The van der Waals surface area contributed by atoms with E-state index in [9.17, 15) is 4.79 Å². The number of halogens is 1. The largest absolute Gasteiger partial charge is 0.357 e. The zero-order valence-electron chi connectivity index (χ0n) is 15.1. The molecule has 1 aliphatic rings. The Morgan fingerprint density at radius 1 is 1.30 bits per heavy atom. The van der Waals surface area contributed by atoms with Gasteiger partial charge in [-0.25, -0.2) is 0 Å². The van der Waals surface area contributed by atoms with Crippen LogP contribution in [0.15, 0.2) is 4.99 Å². The van der Waals surface area contributed by atoms with Gasteiger partial charge in [-0.15, -0.1) is 24.0 Å². The standard InChI is InChI=1S/C16H32N4OS.HI/c1-6-13-12-20(10-11-22-13)15(17-7-2)19-9-8-18-14(21)16(3,4)5;/h13H,6-12H2,1-5H3,(H,17,19)(H,18,21);1H. The van der Waals surface area contributed by atoms with Gasteiger partial charge in [0.15, 0.2) is 5.96 Å². The van der Waals surface area contributed by atoms with Crippen molar-refractivity contribution < 1.29 is 4.79 Å². The van der Waals surface area contributed by atoms with Gasteiger partial charge in [-0.1, -0.05) is 27.7 Å². The van der Waals surface area contributed by atoms with Crippen molar-refractivity contribution in [3.63, 3.8) is 0 Å². The average Bonchev–Trinajstić information content (AvgIpc) is 2.49. The van der Waals surface area contributed by atoms with Crippen LogP contribution < -0.4 is 10.6 Å². The molecule has 1 fully saturated rings. The van der Waals surface area contributed by atoms with Crippen LogP contribution >= 0.6 is 35.7 Å². The minimum atomic E-state index is -0.341. The summed E-state index contributed by atoms with van der Waals surface area (Å²) in [5.74, 6) is 2.21. The molecule has 1 unspecified atom stereocenters. The fourth-order valence-electron chi connectivity index (χ4n) is 2.18. The molecular formula is C16H33IN4OS. The number of hydrogen-bond acceptors (Lipinski definition) is 3. The number of guanidine groups is 1. The van der Waals surface area contributed by atoms with Crippen molar-refractivity contribution >= 4 is 47.6 Å². The Hall–Kier alpha value is -0.180. The van der Waals surface area contributed by atoms with Crippen LogP contribution in [0.1, 0.15) is 41.0 Å². The van der Waals surface area contributed by atoms with E-state index in [0.717, 1.165) is 31.3 Å². The third-order valence-corrected chi connectivity index (χ3v) is 4.94. The molecule has 1 atom stereocenters. The number of nitrogens with zero attached hydrogens (tertiary/aromatic N) is 2. The maximum atomic E-state index is 11.8. The van der Waals surface area contributed by atoms with Gasteiger partial charge in [0, 0.05) is 42.6 Å². The van der Waals surface area contributed by atoms with Gasteiger partial charge in [0.25, 0.3) is 0 Å². The van der Waals surface area contributed by atoms with Gasteiger partial charge in [0.05, 0.1) is 6.54 Å². The molecule has 136 valence electrons. The molecule has 0 aromatic carbocycles. The summed E-state index contributed by atoms with van der Waals surface area (Å²) in [6.45, 7) is 14.3. The number of aliphatic imine (C=N–C) groups is 1. The molecule has 5 nitrogen and oxygen atoms in total. The maximum Gasteiger partial charge on any atom is 0.225 e. The zero-order valence-corrected chi connectivity index (χ0v) is 18.3. The molecule has 2 N–H and O–H groups in total. The second kappa shape index (κ2) is 11.4. The number of nitrogens with one attached hydrogen (secondary N) is 2. The van der Waals surface area contributed by atoms with E-state index in [1.165, 1.54) is 6.42 Å². The zero-order chi connectivity index (χ0) is 16.6. The van der Waals surface area contributed by atoms with Gasteiger partial charge < -0.3 is 15.5 Å². The summed E-state index contributed by atoms with van der Waals surface area (Å²) in [6.07, 6.45) is 1.20. The maximum absolute atomic E-state index is 11.8. The Balaban J connectivity index is 0.00000484. The van der Waals surface area contributed by atoms with Crippen LogP contribution in [0.3, 0.4) is 0 Å². The van der Waals surface area contributed by atoms with Gasteiger partial charge in [0.1, 0.15) is 0 Å². The highest BCUT2D eigenvalue weighted by Crippen LogP contribution is 2.21. The third kappa shape index (κ3) is 8.47. The third-order valence-electron chi connectivity index (χ3n) is 3.57. The van der Waals surface area contributed by atoms with Crippen LogP contribution in [0.4, 0.5) is 0 Å². The Kier molecular flexibility index (Phi) is 11.3. The number of hydrogen-bond donors (Lipinski definition) is 2. The molecule has 1 amide bonds. The van der Waals surface area contributed by atoms with Crippen LogP contribution in [0.2, 0.25) is 0 Å². The highest BCUT2D eigenvalue weighted by molar-refractivity contribution is 14.0. The second-order valence-electron chi connectivity index (χ2n) is 6.59. The Morgan fingerprint density at radius 3 is 2.57 bits per heavy atom. The summed E-state index contributed by atoms with van der Waals surface area (Å²) in [7, 11) is 0. The Labute approximate surface area is 162 Å². The molecule has 1 saturated heterocycles. The van der Waals surface area contributed by atoms with Crippen molar-refractivity contribution in [1.82, 2.24) is 15.5 Å². The SMILES string of the molecule is CCNC(=NCCNC(=O)C(C)(C)C)N1CCSC(CC)C1.I. The molecule has 0 aromatic heterocycles. The van der Waals surface area contributed by atoms with Gasteiger partial charge in [0.2, 0.25) is 5.91 Å². The fourth-order valence-corrected chi connectivity index (χ4v) is 3.36. The molecule has 23 heavy (non-hydrogen) atoms. The van der Waals surface area contributed by atoms with Gasteiger partial charge in [-0.2, -0.15) is 11.8 Å². The lowest BCUT2D eigenvalue weighted by atomic mass is 9.96. The van der Waals surface area contributed by atoms with E-state index in [-0.39, 0.29) is 35.3 Å². The predicted octanol–water partition coefficient (Wildman–Crippen LogP) is 2.56. The molecule has 0 radical (unpaired) electrons. The Morgan fingerprint density at radius 2 is 2.00 bits per heavy atom. The first-order valence-electron chi connectivity index (χ1n) is 8.31. The van der Waals surface area contributed by atoms with Crippen LogP contribution in [-0.2, 0) is 4.79 Å². The number of carbonyl (C=O) groups is 1. The second-order valence-corrected chi connectivity index (χ2v) is 8.00. The van der Waals surface area contributed by atoms with Crippen molar-refractivity contribution in [3.05, 3.63) is 0 Å². The van der Waals surface area contributed by atoms with Crippen molar-refractivity contribution in [2.24, 2.45) is 10.4 Å². The van der Waals surface area contributed by atoms with Crippen LogP contribution in [0.5, 0.6) is 0 Å². The number of thioether (sulfide) groups is 1. The van der Waals surface area contributed by atoms with Crippen molar-refractivity contribution in [2.45, 2.75) is 46.3 Å². The van der Waals surface area contributed by atoms with Crippen molar-refractivity contribution in [3.8, 4) is 0 Å². The normalized spacial score (nSPS) is 19.1. The summed E-state index contributed by atoms with van der Waals surface area (Å²) >= 11 is 2.06. The molecule has 0 spiro atoms. The van der Waals surface area contributed by atoms with E-state index < -0.39 is 0 Å². The van der Waals surface area contributed by atoms with Crippen molar-refractivity contribution in [1.29, 1.82) is 0 Å². The summed E-state index contributed by atoms with van der Waals surface area (Å²) < 4.78 is 0. The summed E-state index contributed by atoms with van der Waals surface area (Å²) in [5.41, 5.74) is -0.341. The van der Waals surface area contributed by atoms with Crippen LogP contribution in [-0.4, -0.2) is 60.5 Å². The molecule has 1 heterocycles. The lowest BCUT2D eigenvalue weighted by Crippen LogP contribution is -2.48. The first-order chi connectivity index (χ1) is 10.4. The number of amides is 1. The predicted molar refractivity (Wildman–Crippen MR) is 112 cm³/mol. The van der Waals surface area contributed by atoms with E-state index in [1.807, 2.05) is 20.8 Å². The summed E-state index contributed by atoms with van der Waals surface area (Å²) in [5, 5.41) is 7.01. The smallest absolute Gasteiger partial charge is 0.225 e. The first kappa shape index (κ1) is 22.8. The molecular weight excluding hydrogens is 423 g/mol. The minimum Gasteiger partial charge on any atom is -0.357 e. The number of carbonyl (C=O) groups excluding carboxylic acids is 1. The quantitative estimate of drug-likeness (QED) is 0.289. The Bertz CT molecular complexity index is 385. The van der Waals surface area contributed by atoms with E-state index in [4.69, 9.17) is 0 Å². The molecule has 0 saturated carbocycles. The lowest BCUT2D eigenvalue weighted by Gasteiger charge is -2.34. The van der Waals surface area contributed by atoms with Gasteiger partial charge >= 0.3 is 0 Å². The highest BCUT2D eigenvalue weighted by atomic mass is 127. The summed E-state index contributed by atoms with van der Waals surface area (Å²) in [6, 6.07) is 0. The molecule has 0 bridgehead atoms. The van der Waals surface area contributed by atoms with Crippen LogP contribution in [0, 0.1) is 5.41 Å². The van der Waals surface area contributed by atoms with E-state index in [2.05, 4.69) is 46.1 Å². The van der Waals surface area contributed by atoms with Crippen LogP contribution in [0.25, 0.3) is 0 Å². The summed E-state index contributed by atoms with van der Waals surface area (Å²) in [4.78, 5) is 18.8. The van der Waals surface area contributed by atoms with Gasteiger partial charge in [-0.3, -0.25) is 9.79 Å². The van der Waals surface area contributed by atoms with Crippen molar-refractivity contribution in [2.75, 3.05) is 38.5 Å². The molecule has 1 rings (SSSR count). The molecule has 7 heteroatoms. The monoisotopic (exact) mass is 456 g/mol. The van der Waals surface area contributed by atoms with E-state index in [1.54, 1.807) is 0 Å². The first-order valence-corrected chi connectivity index (χ1v) is 9.36. The van der Waals surface area contributed by atoms with Gasteiger partial charge in [-0.05, 0) is 13.3 Å². The highest BCUT2D eigenvalue weighted by Gasteiger charge is 2.22. The minimum absolute atomic E-state index is 0. The fraction of sp³-hybridized carbons (Fsp3) is 0.875. The number of rotatable bonds is 5. The molecule has 0 aliphatic carbocycles. The lowest BCUT2D eigenvalue weighted by molar-refractivity contribution is -0.128. The topological polar surface area (TPSA) is 56.7 Å². The van der Waals surface area contributed by atoms with E-state index >= 15 is 0 Å². The van der Waals surface area contributed by atoms with E-state index in [0.29, 0.717) is 18.3 Å².